The fourth-order valence-electron chi connectivity index (χ4n) is 2.17. The van der Waals surface area contributed by atoms with Crippen molar-refractivity contribution in [3.63, 3.8) is 0 Å². The Morgan fingerprint density at radius 2 is 1.95 bits per heavy atom. The summed E-state index contributed by atoms with van der Waals surface area (Å²) in [5.41, 5.74) is 1.40. The molecule has 0 spiro atoms. The van der Waals surface area contributed by atoms with E-state index in [2.05, 4.69) is 10.2 Å². The molecule has 0 saturated heterocycles. The molecule has 1 aliphatic rings. The van der Waals surface area contributed by atoms with Gasteiger partial charge in [-0.1, -0.05) is 35.3 Å². The minimum Gasteiger partial charge on any atom is -0.464 e. The van der Waals surface area contributed by atoms with Gasteiger partial charge in [-0.15, -0.1) is 0 Å². The fraction of sp³-hybridized carbons (Fsp3) is 0.154. The van der Waals surface area contributed by atoms with Crippen molar-refractivity contribution < 1.29 is 9.90 Å². The van der Waals surface area contributed by atoms with Gasteiger partial charge in [0.1, 0.15) is 6.04 Å². The molecule has 1 aromatic heterocycles. The lowest BCUT2D eigenvalue weighted by Gasteiger charge is -2.13. The lowest BCUT2D eigenvalue weighted by atomic mass is 10.0. The summed E-state index contributed by atoms with van der Waals surface area (Å²) in [6, 6.07) is 6.73. The Hall–Kier alpha value is -2.05. The fourth-order valence-corrected chi connectivity index (χ4v) is 2.44. The van der Waals surface area contributed by atoms with E-state index in [0.717, 1.165) is 10.6 Å². The van der Waals surface area contributed by atoms with E-state index in [4.69, 9.17) is 28.3 Å². The highest BCUT2D eigenvalue weighted by atomic mass is 35.5. The highest BCUT2D eigenvalue weighted by molar-refractivity contribution is 6.30. The number of benzene rings is 1. The second-order valence-electron chi connectivity index (χ2n) is 4.51. The summed E-state index contributed by atoms with van der Waals surface area (Å²) in [4.78, 5) is 11.2. The van der Waals surface area contributed by atoms with Crippen LogP contribution in [0.5, 0.6) is 0 Å². The van der Waals surface area contributed by atoms with E-state index in [9.17, 15) is 4.79 Å². The van der Waals surface area contributed by atoms with Crippen molar-refractivity contribution in [1.82, 2.24) is 14.8 Å². The van der Waals surface area contributed by atoms with Gasteiger partial charge >= 0.3 is 6.09 Å². The van der Waals surface area contributed by atoms with E-state index in [1.807, 2.05) is 0 Å². The maximum atomic E-state index is 11.2. The Kier molecular flexibility index (Phi) is 3.57. The van der Waals surface area contributed by atoms with Crippen LogP contribution in [0.3, 0.4) is 0 Å². The predicted molar refractivity (Wildman–Crippen MR) is 79.0 cm³/mol. The smallest absolute Gasteiger partial charge is 0.428 e. The molecular weight excluding hydrogens is 315 g/mol. The van der Waals surface area contributed by atoms with Crippen LogP contribution in [-0.4, -0.2) is 38.2 Å². The maximum Gasteiger partial charge on any atom is 0.428 e. The zero-order chi connectivity index (χ0) is 15.0. The van der Waals surface area contributed by atoms with E-state index in [-0.39, 0.29) is 12.6 Å². The number of rotatable bonds is 2. The van der Waals surface area contributed by atoms with Crippen molar-refractivity contribution in [2.45, 2.75) is 6.04 Å². The van der Waals surface area contributed by atoms with Crippen molar-refractivity contribution >= 4 is 35.0 Å². The molecule has 108 valence electrons. The van der Waals surface area contributed by atoms with Crippen molar-refractivity contribution in [3.05, 3.63) is 52.3 Å². The van der Waals surface area contributed by atoms with Gasteiger partial charge < -0.3 is 5.11 Å². The average Bonchev–Trinajstić information content (AvgIpc) is 3.05. The SMILES string of the molecule is O=C(O)N1CC(n2cc(Cl)cn2)C(c2ccc(Cl)cc2)=N1. The molecule has 0 fully saturated rings. The third-order valence-electron chi connectivity index (χ3n) is 3.14. The van der Waals surface area contributed by atoms with Gasteiger partial charge in [0, 0.05) is 16.8 Å². The average molecular weight is 325 g/mol. The molecule has 0 aliphatic carbocycles. The quantitative estimate of drug-likeness (QED) is 0.922. The Morgan fingerprint density at radius 3 is 2.52 bits per heavy atom. The highest BCUT2D eigenvalue weighted by Crippen LogP contribution is 2.25. The van der Waals surface area contributed by atoms with Crippen molar-refractivity contribution in [3.8, 4) is 0 Å². The van der Waals surface area contributed by atoms with Crippen LogP contribution in [0, 0.1) is 0 Å². The van der Waals surface area contributed by atoms with E-state index in [1.165, 1.54) is 6.20 Å². The normalized spacial score (nSPS) is 17.9. The van der Waals surface area contributed by atoms with Crippen molar-refractivity contribution in [1.29, 1.82) is 0 Å². The number of halogens is 2. The van der Waals surface area contributed by atoms with Crippen LogP contribution in [-0.2, 0) is 0 Å². The molecule has 8 heteroatoms. The summed E-state index contributed by atoms with van der Waals surface area (Å²) in [5.74, 6) is 0. The number of hydrogen-bond donors (Lipinski definition) is 1. The molecule has 21 heavy (non-hydrogen) atoms. The second kappa shape index (κ2) is 5.38. The molecule has 1 atom stereocenters. The molecule has 1 unspecified atom stereocenters. The molecule has 1 aromatic carbocycles. The molecule has 3 rings (SSSR count). The van der Waals surface area contributed by atoms with Gasteiger partial charge in [-0.25, -0.2) is 4.79 Å². The first-order valence-corrected chi connectivity index (χ1v) is 6.85. The van der Waals surface area contributed by atoms with Crippen LogP contribution in [0.2, 0.25) is 10.0 Å². The summed E-state index contributed by atoms with van der Waals surface area (Å²) in [6.07, 6.45) is 2.04. The summed E-state index contributed by atoms with van der Waals surface area (Å²) in [6.45, 7) is 0.186. The van der Waals surface area contributed by atoms with Gasteiger partial charge in [-0.05, 0) is 12.1 Å². The van der Waals surface area contributed by atoms with Crippen molar-refractivity contribution in [2.24, 2.45) is 5.10 Å². The molecule has 1 amide bonds. The second-order valence-corrected chi connectivity index (χ2v) is 5.38. The molecule has 6 nitrogen and oxygen atoms in total. The van der Waals surface area contributed by atoms with Gasteiger partial charge in [0.2, 0.25) is 0 Å². The molecule has 1 aliphatic heterocycles. The van der Waals surface area contributed by atoms with Gasteiger partial charge in [0.05, 0.1) is 23.5 Å². The molecule has 0 bridgehead atoms. The number of nitrogens with zero attached hydrogens (tertiary/aromatic N) is 4. The van der Waals surface area contributed by atoms with Crippen LogP contribution in [0.1, 0.15) is 11.6 Å². The minimum atomic E-state index is -1.11. The Morgan fingerprint density at radius 1 is 1.24 bits per heavy atom. The summed E-state index contributed by atoms with van der Waals surface area (Å²) >= 11 is 11.8. The van der Waals surface area contributed by atoms with Crippen LogP contribution >= 0.6 is 23.2 Å². The lowest BCUT2D eigenvalue weighted by molar-refractivity contribution is 0.148. The molecule has 2 aromatic rings. The molecule has 2 heterocycles. The third-order valence-corrected chi connectivity index (χ3v) is 3.59. The molecule has 0 radical (unpaired) electrons. The van der Waals surface area contributed by atoms with E-state index in [0.29, 0.717) is 15.8 Å². The Balaban J connectivity index is 2.01. The number of carboxylic acid groups (broad SMARTS) is 1. The Labute approximate surface area is 130 Å². The predicted octanol–water partition coefficient (Wildman–Crippen LogP) is 3.13. The summed E-state index contributed by atoms with van der Waals surface area (Å²) in [5, 5.41) is 19.5. The highest BCUT2D eigenvalue weighted by Gasteiger charge is 2.32. The van der Waals surface area contributed by atoms with Gasteiger partial charge in [-0.3, -0.25) is 4.68 Å². The van der Waals surface area contributed by atoms with Crippen LogP contribution in [0.15, 0.2) is 41.8 Å². The topological polar surface area (TPSA) is 70.7 Å². The monoisotopic (exact) mass is 324 g/mol. The summed E-state index contributed by atoms with van der Waals surface area (Å²) < 4.78 is 1.61. The number of aromatic nitrogens is 2. The lowest BCUT2D eigenvalue weighted by Crippen LogP contribution is -2.27. The first-order chi connectivity index (χ1) is 10.0. The molecule has 1 N–H and O–H groups in total. The molecule has 0 saturated carbocycles. The van der Waals surface area contributed by atoms with Crippen LogP contribution in [0.25, 0.3) is 0 Å². The number of hydrazone groups is 1. The number of amides is 1. The zero-order valence-corrected chi connectivity index (χ0v) is 12.2. The van der Waals surface area contributed by atoms with Crippen LogP contribution in [0.4, 0.5) is 4.79 Å². The summed E-state index contributed by atoms with van der Waals surface area (Å²) in [7, 11) is 0. The van der Waals surface area contributed by atoms with Crippen molar-refractivity contribution in [2.75, 3.05) is 6.54 Å². The maximum absolute atomic E-state index is 11.2. The standard InChI is InChI=1S/C13H10Cl2N4O2/c14-9-3-1-8(2-4-9)12-11(7-19(17-12)13(20)21)18-6-10(15)5-16-18/h1-6,11H,7H2,(H,20,21). The first kappa shape index (κ1) is 13.9. The van der Waals surface area contributed by atoms with Crippen LogP contribution < -0.4 is 0 Å². The third kappa shape index (κ3) is 2.72. The van der Waals surface area contributed by atoms with E-state index in [1.54, 1.807) is 35.1 Å². The van der Waals surface area contributed by atoms with E-state index >= 15 is 0 Å². The molecular formula is C13H10Cl2N4O2. The minimum absolute atomic E-state index is 0.186. The number of carbonyl (C=O) groups is 1. The van der Waals surface area contributed by atoms with Gasteiger partial charge in [0.25, 0.3) is 0 Å². The van der Waals surface area contributed by atoms with Gasteiger partial charge in [-0.2, -0.15) is 15.2 Å². The zero-order valence-electron chi connectivity index (χ0n) is 10.6. The van der Waals surface area contributed by atoms with E-state index < -0.39 is 6.09 Å². The number of hydrogen-bond acceptors (Lipinski definition) is 3. The van der Waals surface area contributed by atoms with Gasteiger partial charge in [0.15, 0.2) is 0 Å². The largest absolute Gasteiger partial charge is 0.464 e. The first-order valence-electron chi connectivity index (χ1n) is 6.09. The Bertz CT molecular complexity index is 711.